The Morgan fingerprint density at radius 3 is 2.56 bits per heavy atom. The number of thioether (sulfide) groups is 1. The van der Waals surface area contributed by atoms with Crippen molar-refractivity contribution in [3.8, 4) is 0 Å². The second-order valence-electron chi connectivity index (χ2n) is 3.55. The molecule has 94 valence electrons. The van der Waals surface area contributed by atoms with E-state index in [1.54, 1.807) is 0 Å². The van der Waals surface area contributed by atoms with Gasteiger partial charge in [0.05, 0.1) is 5.69 Å². The molecule has 7 heteroatoms. The molecular formula is C11H14N6S. The zero-order valence-electron chi connectivity index (χ0n) is 9.92. The lowest BCUT2D eigenvalue weighted by atomic mass is 10.4. The Kier molecular flexibility index (Phi) is 3.83. The van der Waals surface area contributed by atoms with Crippen LogP contribution in [-0.2, 0) is 5.75 Å². The summed E-state index contributed by atoms with van der Waals surface area (Å²) in [6.07, 6.45) is 0. The minimum absolute atomic E-state index is 0.377. The van der Waals surface area contributed by atoms with Crippen LogP contribution in [0.15, 0.2) is 29.4 Å². The predicted molar refractivity (Wildman–Crippen MR) is 74.2 cm³/mol. The number of nitrogen functional groups attached to an aromatic ring is 2. The van der Waals surface area contributed by atoms with Gasteiger partial charge in [0, 0.05) is 18.9 Å². The monoisotopic (exact) mass is 262 g/mol. The molecule has 18 heavy (non-hydrogen) atoms. The summed E-state index contributed by atoms with van der Waals surface area (Å²) in [7, 11) is 1.83. The van der Waals surface area contributed by atoms with Gasteiger partial charge in [-0.15, -0.1) is 0 Å². The van der Waals surface area contributed by atoms with Crippen molar-refractivity contribution in [3.63, 3.8) is 0 Å². The summed E-state index contributed by atoms with van der Waals surface area (Å²) in [4.78, 5) is 12.6. The van der Waals surface area contributed by atoms with Crippen molar-refractivity contribution >= 4 is 29.2 Å². The van der Waals surface area contributed by atoms with Crippen LogP contribution in [0.3, 0.4) is 0 Å². The third-order valence-electron chi connectivity index (χ3n) is 2.16. The van der Waals surface area contributed by atoms with Gasteiger partial charge in [-0.3, -0.25) is 0 Å². The molecule has 0 aliphatic carbocycles. The predicted octanol–water partition coefficient (Wildman–Crippen LogP) is 1.37. The van der Waals surface area contributed by atoms with E-state index in [1.807, 2.05) is 25.2 Å². The van der Waals surface area contributed by atoms with E-state index < -0.39 is 0 Å². The Balaban J connectivity index is 2.06. The van der Waals surface area contributed by atoms with Crippen molar-refractivity contribution in [1.82, 2.24) is 15.0 Å². The summed E-state index contributed by atoms with van der Waals surface area (Å²) in [6.45, 7) is 0. The molecular weight excluding hydrogens is 248 g/mol. The average molecular weight is 262 g/mol. The van der Waals surface area contributed by atoms with Crippen LogP contribution < -0.4 is 16.8 Å². The van der Waals surface area contributed by atoms with E-state index in [9.17, 15) is 0 Å². The van der Waals surface area contributed by atoms with Crippen LogP contribution in [0, 0.1) is 0 Å². The fourth-order valence-corrected chi connectivity index (χ4v) is 2.14. The molecule has 2 heterocycles. The standard InChI is InChI=1S/C11H14N6S/c1-14-10-4-2-3-7(15-10)6-18-11-16-8(12)5-9(13)17-11/h2-5H,6H2,1H3,(H,14,15)(H4,12,13,16,17). The topological polar surface area (TPSA) is 103 Å². The van der Waals surface area contributed by atoms with Crippen molar-refractivity contribution in [3.05, 3.63) is 30.0 Å². The van der Waals surface area contributed by atoms with Gasteiger partial charge >= 0.3 is 0 Å². The summed E-state index contributed by atoms with van der Waals surface area (Å²) in [5.74, 6) is 2.25. The summed E-state index contributed by atoms with van der Waals surface area (Å²) >= 11 is 1.45. The zero-order valence-corrected chi connectivity index (χ0v) is 10.7. The first kappa shape index (κ1) is 12.4. The molecule has 2 aromatic rings. The molecule has 0 aromatic carbocycles. The maximum Gasteiger partial charge on any atom is 0.191 e. The first-order valence-electron chi connectivity index (χ1n) is 5.34. The average Bonchev–Trinajstić information content (AvgIpc) is 2.35. The quantitative estimate of drug-likeness (QED) is 0.564. The number of rotatable bonds is 4. The van der Waals surface area contributed by atoms with Crippen LogP contribution in [0.1, 0.15) is 5.69 Å². The van der Waals surface area contributed by atoms with E-state index in [1.165, 1.54) is 17.8 Å². The molecule has 0 saturated carbocycles. The van der Waals surface area contributed by atoms with Gasteiger partial charge in [0.2, 0.25) is 0 Å². The van der Waals surface area contributed by atoms with Gasteiger partial charge in [0.25, 0.3) is 0 Å². The van der Waals surface area contributed by atoms with Crippen LogP contribution in [-0.4, -0.2) is 22.0 Å². The number of hydrogen-bond acceptors (Lipinski definition) is 7. The van der Waals surface area contributed by atoms with E-state index in [0.29, 0.717) is 22.5 Å². The van der Waals surface area contributed by atoms with Gasteiger partial charge in [-0.25, -0.2) is 15.0 Å². The summed E-state index contributed by atoms with van der Waals surface area (Å²) < 4.78 is 0. The first-order chi connectivity index (χ1) is 8.67. The number of aromatic nitrogens is 3. The molecule has 2 rings (SSSR count). The fraction of sp³-hybridized carbons (Fsp3) is 0.182. The lowest BCUT2D eigenvalue weighted by Crippen LogP contribution is -2.00. The summed E-state index contributed by atoms with van der Waals surface area (Å²) in [5, 5.41) is 3.55. The molecule has 0 atom stereocenters. The number of nitrogens with one attached hydrogen (secondary N) is 1. The second-order valence-corrected chi connectivity index (χ2v) is 4.50. The lowest BCUT2D eigenvalue weighted by molar-refractivity contribution is 0.982. The van der Waals surface area contributed by atoms with Gasteiger partial charge in [0.1, 0.15) is 17.5 Å². The van der Waals surface area contributed by atoms with E-state index in [4.69, 9.17) is 11.5 Å². The molecule has 0 aliphatic heterocycles. The molecule has 0 unspecified atom stereocenters. The van der Waals surface area contributed by atoms with E-state index >= 15 is 0 Å². The molecule has 0 saturated heterocycles. The Morgan fingerprint density at radius 1 is 1.17 bits per heavy atom. The largest absolute Gasteiger partial charge is 0.383 e. The smallest absolute Gasteiger partial charge is 0.191 e. The third-order valence-corrected chi connectivity index (χ3v) is 3.04. The van der Waals surface area contributed by atoms with Crippen LogP contribution >= 0.6 is 11.8 Å². The lowest BCUT2D eigenvalue weighted by Gasteiger charge is -2.04. The van der Waals surface area contributed by atoms with Crippen LogP contribution in [0.4, 0.5) is 17.5 Å². The minimum Gasteiger partial charge on any atom is -0.383 e. The summed E-state index contributed by atoms with van der Waals surface area (Å²) in [5.41, 5.74) is 12.1. The van der Waals surface area contributed by atoms with Crippen LogP contribution in [0.5, 0.6) is 0 Å². The molecule has 2 aromatic heterocycles. The van der Waals surface area contributed by atoms with Gasteiger partial charge in [-0.1, -0.05) is 17.8 Å². The van der Waals surface area contributed by atoms with Crippen LogP contribution in [0.2, 0.25) is 0 Å². The molecule has 6 nitrogen and oxygen atoms in total. The van der Waals surface area contributed by atoms with Crippen molar-refractivity contribution in [2.45, 2.75) is 10.9 Å². The molecule has 5 N–H and O–H groups in total. The Bertz CT molecular complexity index is 525. The highest BCUT2D eigenvalue weighted by Gasteiger charge is 2.03. The molecule has 0 fully saturated rings. The van der Waals surface area contributed by atoms with E-state index in [2.05, 4.69) is 20.3 Å². The van der Waals surface area contributed by atoms with Crippen LogP contribution in [0.25, 0.3) is 0 Å². The minimum atomic E-state index is 0.377. The van der Waals surface area contributed by atoms with Crippen molar-refractivity contribution in [2.24, 2.45) is 0 Å². The molecule has 0 bridgehead atoms. The number of nitrogens with two attached hydrogens (primary N) is 2. The SMILES string of the molecule is CNc1cccc(CSc2nc(N)cc(N)n2)n1. The van der Waals surface area contributed by atoms with Crippen molar-refractivity contribution < 1.29 is 0 Å². The van der Waals surface area contributed by atoms with Crippen molar-refractivity contribution in [2.75, 3.05) is 23.8 Å². The van der Waals surface area contributed by atoms with Crippen molar-refractivity contribution in [1.29, 1.82) is 0 Å². The first-order valence-corrected chi connectivity index (χ1v) is 6.32. The number of anilines is 3. The highest BCUT2D eigenvalue weighted by atomic mass is 32.2. The number of hydrogen-bond donors (Lipinski definition) is 3. The number of pyridine rings is 1. The number of nitrogens with zero attached hydrogens (tertiary/aromatic N) is 3. The highest BCUT2D eigenvalue weighted by Crippen LogP contribution is 2.20. The Labute approximate surface area is 109 Å². The van der Waals surface area contributed by atoms with Gasteiger partial charge in [-0.05, 0) is 12.1 Å². The Hall–Kier alpha value is -2.02. The maximum absolute atomic E-state index is 5.60. The van der Waals surface area contributed by atoms with Gasteiger partial charge in [0.15, 0.2) is 5.16 Å². The molecule has 0 amide bonds. The fourth-order valence-electron chi connectivity index (χ4n) is 1.36. The molecule has 0 aliphatic rings. The highest BCUT2D eigenvalue weighted by molar-refractivity contribution is 7.98. The summed E-state index contributed by atoms with van der Waals surface area (Å²) in [6, 6.07) is 7.33. The molecule has 0 radical (unpaired) electrons. The maximum atomic E-state index is 5.60. The zero-order chi connectivity index (χ0) is 13.0. The second kappa shape index (κ2) is 5.54. The van der Waals surface area contributed by atoms with E-state index in [-0.39, 0.29) is 0 Å². The van der Waals surface area contributed by atoms with E-state index in [0.717, 1.165) is 11.5 Å². The van der Waals surface area contributed by atoms with Gasteiger partial charge < -0.3 is 16.8 Å². The third kappa shape index (κ3) is 3.24. The normalized spacial score (nSPS) is 10.3. The Morgan fingerprint density at radius 2 is 1.89 bits per heavy atom. The molecule has 0 spiro atoms. The van der Waals surface area contributed by atoms with Gasteiger partial charge in [-0.2, -0.15) is 0 Å².